The Labute approximate surface area is 113 Å². The molecule has 1 unspecified atom stereocenters. The number of rotatable bonds is 7. The molecule has 1 aliphatic rings. The highest BCUT2D eigenvalue weighted by molar-refractivity contribution is 5.78. The minimum atomic E-state index is -2.48. The second-order valence-electron chi connectivity index (χ2n) is 4.99. The summed E-state index contributed by atoms with van der Waals surface area (Å²) in [7, 11) is 0. The minimum Gasteiger partial charge on any atom is -0.395 e. The third kappa shape index (κ3) is 5.40. The molecule has 1 saturated heterocycles. The molecule has 6 heteroatoms. The van der Waals surface area contributed by atoms with Gasteiger partial charge in [0.05, 0.1) is 19.7 Å². The summed E-state index contributed by atoms with van der Waals surface area (Å²) >= 11 is 0. The smallest absolute Gasteiger partial charge is 0.251 e. The van der Waals surface area contributed by atoms with E-state index in [0.717, 1.165) is 32.2 Å². The van der Waals surface area contributed by atoms with E-state index in [4.69, 9.17) is 5.11 Å². The van der Waals surface area contributed by atoms with Crippen LogP contribution in [0.4, 0.5) is 8.78 Å². The Morgan fingerprint density at radius 1 is 1.47 bits per heavy atom. The lowest BCUT2D eigenvalue weighted by Gasteiger charge is -2.36. The zero-order chi connectivity index (χ0) is 14.3. The molecule has 19 heavy (non-hydrogen) atoms. The molecule has 0 aromatic heterocycles. The molecule has 112 valence electrons. The molecule has 1 heterocycles. The highest BCUT2D eigenvalue weighted by Crippen LogP contribution is 2.19. The monoisotopic (exact) mass is 278 g/mol. The van der Waals surface area contributed by atoms with Crippen LogP contribution < -0.4 is 0 Å². The first-order valence-electron chi connectivity index (χ1n) is 6.99. The van der Waals surface area contributed by atoms with Gasteiger partial charge in [-0.15, -0.1) is 0 Å². The quantitative estimate of drug-likeness (QED) is 0.764. The molecule has 1 rings (SSSR count). The number of aliphatic hydroxyl groups is 1. The van der Waals surface area contributed by atoms with E-state index in [1.165, 1.54) is 4.90 Å². The Morgan fingerprint density at radius 2 is 2.21 bits per heavy atom. The summed E-state index contributed by atoms with van der Waals surface area (Å²) in [4.78, 5) is 15.3. The molecule has 0 aliphatic carbocycles. The minimum absolute atomic E-state index is 0.0264. The van der Waals surface area contributed by atoms with Gasteiger partial charge in [-0.1, -0.05) is 6.92 Å². The average molecular weight is 278 g/mol. The zero-order valence-electron chi connectivity index (χ0n) is 11.5. The van der Waals surface area contributed by atoms with Crippen LogP contribution in [-0.4, -0.2) is 66.1 Å². The molecule has 1 atom stereocenters. The molecule has 1 amide bonds. The van der Waals surface area contributed by atoms with Gasteiger partial charge in [0.25, 0.3) is 6.43 Å². The van der Waals surface area contributed by atoms with Crippen molar-refractivity contribution in [3.05, 3.63) is 0 Å². The van der Waals surface area contributed by atoms with Crippen molar-refractivity contribution in [1.82, 2.24) is 9.80 Å². The molecule has 1 aliphatic heterocycles. The highest BCUT2D eigenvalue weighted by atomic mass is 19.3. The van der Waals surface area contributed by atoms with Gasteiger partial charge in [-0.3, -0.25) is 9.69 Å². The summed E-state index contributed by atoms with van der Waals surface area (Å²) in [5.41, 5.74) is 0. The predicted molar refractivity (Wildman–Crippen MR) is 69.2 cm³/mol. The summed E-state index contributed by atoms with van der Waals surface area (Å²) in [5, 5.41) is 8.86. The number of alkyl halides is 2. The van der Waals surface area contributed by atoms with Crippen LogP contribution in [0, 0.1) is 0 Å². The van der Waals surface area contributed by atoms with Gasteiger partial charge >= 0.3 is 0 Å². The molecule has 1 N–H and O–H groups in total. The van der Waals surface area contributed by atoms with E-state index in [1.807, 2.05) is 11.8 Å². The van der Waals surface area contributed by atoms with E-state index in [2.05, 4.69) is 0 Å². The van der Waals surface area contributed by atoms with Crippen molar-refractivity contribution in [3.8, 4) is 0 Å². The number of nitrogens with zero attached hydrogens (tertiary/aromatic N) is 2. The number of likely N-dealkylation sites (tertiary alicyclic amines) is 1. The summed E-state index contributed by atoms with van der Waals surface area (Å²) in [6, 6.07) is 0.240. The van der Waals surface area contributed by atoms with Gasteiger partial charge in [0.15, 0.2) is 0 Å². The van der Waals surface area contributed by atoms with Crippen molar-refractivity contribution in [3.63, 3.8) is 0 Å². The Hall–Kier alpha value is -0.750. The molecule has 0 aromatic rings. The maximum absolute atomic E-state index is 12.4. The summed E-state index contributed by atoms with van der Waals surface area (Å²) in [6.07, 6.45) is 1.52. The first kappa shape index (κ1) is 16.3. The molecule has 0 spiro atoms. The zero-order valence-corrected chi connectivity index (χ0v) is 11.5. The number of carbonyl (C=O) groups is 1. The Balaban J connectivity index is 2.53. The van der Waals surface area contributed by atoms with E-state index in [0.29, 0.717) is 0 Å². The summed E-state index contributed by atoms with van der Waals surface area (Å²) < 4.78 is 24.8. The van der Waals surface area contributed by atoms with Gasteiger partial charge in [0, 0.05) is 19.1 Å². The van der Waals surface area contributed by atoms with Crippen molar-refractivity contribution in [2.75, 3.05) is 32.8 Å². The van der Waals surface area contributed by atoms with Crippen LogP contribution in [0.2, 0.25) is 0 Å². The molecular weight excluding hydrogens is 254 g/mol. The van der Waals surface area contributed by atoms with Crippen LogP contribution >= 0.6 is 0 Å². The van der Waals surface area contributed by atoms with Crippen LogP contribution in [0.15, 0.2) is 0 Å². The van der Waals surface area contributed by atoms with Gasteiger partial charge in [0.2, 0.25) is 5.91 Å². The number of hydrogen-bond donors (Lipinski definition) is 1. The molecule has 4 nitrogen and oxygen atoms in total. The van der Waals surface area contributed by atoms with Crippen LogP contribution in [0.3, 0.4) is 0 Å². The van der Waals surface area contributed by atoms with E-state index >= 15 is 0 Å². The van der Waals surface area contributed by atoms with Crippen molar-refractivity contribution in [1.29, 1.82) is 0 Å². The van der Waals surface area contributed by atoms with Crippen molar-refractivity contribution >= 4 is 5.91 Å². The van der Waals surface area contributed by atoms with Gasteiger partial charge in [0.1, 0.15) is 0 Å². The van der Waals surface area contributed by atoms with E-state index in [-0.39, 0.29) is 31.6 Å². The number of hydrogen-bond acceptors (Lipinski definition) is 3. The van der Waals surface area contributed by atoms with E-state index in [1.54, 1.807) is 0 Å². The topological polar surface area (TPSA) is 43.8 Å². The average Bonchev–Trinajstić information content (AvgIpc) is 2.38. The Bertz CT molecular complexity index is 277. The molecule has 0 aromatic carbocycles. The van der Waals surface area contributed by atoms with Crippen LogP contribution in [0.25, 0.3) is 0 Å². The standard InChI is InChI=1S/C13H24F2N2O2/c1-2-11-5-3-4-6-17(11)13(19)10-16(7-8-18)9-12(14)15/h11-12,18H,2-10H2,1H3. The lowest BCUT2D eigenvalue weighted by atomic mass is 10.00. The Morgan fingerprint density at radius 3 is 2.79 bits per heavy atom. The van der Waals surface area contributed by atoms with Gasteiger partial charge in [-0.05, 0) is 25.7 Å². The molecule has 1 fully saturated rings. The first-order chi connectivity index (χ1) is 9.08. The number of halogens is 2. The van der Waals surface area contributed by atoms with Gasteiger partial charge < -0.3 is 10.0 Å². The fourth-order valence-electron chi connectivity index (χ4n) is 2.61. The second-order valence-corrected chi connectivity index (χ2v) is 4.99. The van der Waals surface area contributed by atoms with Crippen molar-refractivity contribution < 1.29 is 18.7 Å². The normalized spacial score (nSPS) is 20.3. The lowest BCUT2D eigenvalue weighted by Crippen LogP contribution is -2.48. The number of aliphatic hydroxyl groups excluding tert-OH is 1. The largest absolute Gasteiger partial charge is 0.395 e. The first-order valence-corrected chi connectivity index (χ1v) is 6.99. The molecule has 0 radical (unpaired) electrons. The third-order valence-corrected chi connectivity index (χ3v) is 3.59. The third-order valence-electron chi connectivity index (χ3n) is 3.59. The number of piperidine rings is 1. The molecular formula is C13H24F2N2O2. The maximum Gasteiger partial charge on any atom is 0.251 e. The SMILES string of the molecule is CCC1CCCCN1C(=O)CN(CCO)CC(F)F. The fourth-order valence-corrected chi connectivity index (χ4v) is 2.61. The van der Waals surface area contributed by atoms with Crippen molar-refractivity contribution in [2.24, 2.45) is 0 Å². The molecule has 0 bridgehead atoms. The molecule has 0 saturated carbocycles. The Kier molecular flexibility index (Phi) is 7.23. The van der Waals surface area contributed by atoms with Gasteiger partial charge in [-0.2, -0.15) is 0 Å². The lowest BCUT2D eigenvalue weighted by molar-refractivity contribution is -0.136. The number of amides is 1. The van der Waals surface area contributed by atoms with Crippen LogP contribution in [-0.2, 0) is 4.79 Å². The predicted octanol–water partition coefficient (Wildman–Crippen LogP) is 1.34. The van der Waals surface area contributed by atoms with E-state index < -0.39 is 13.0 Å². The number of carbonyl (C=O) groups excluding carboxylic acids is 1. The highest BCUT2D eigenvalue weighted by Gasteiger charge is 2.26. The van der Waals surface area contributed by atoms with Crippen LogP contribution in [0.5, 0.6) is 0 Å². The van der Waals surface area contributed by atoms with E-state index in [9.17, 15) is 13.6 Å². The summed E-state index contributed by atoms with van der Waals surface area (Å²) in [6.45, 7) is 2.18. The maximum atomic E-state index is 12.4. The van der Waals surface area contributed by atoms with Crippen LogP contribution in [0.1, 0.15) is 32.6 Å². The summed E-state index contributed by atoms with van der Waals surface area (Å²) in [5.74, 6) is -0.0966. The van der Waals surface area contributed by atoms with Crippen molar-refractivity contribution in [2.45, 2.75) is 45.1 Å². The van der Waals surface area contributed by atoms with Gasteiger partial charge in [-0.25, -0.2) is 8.78 Å². The second kappa shape index (κ2) is 8.43. The fraction of sp³-hybridized carbons (Fsp3) is 0.923.